The van der Waals surface area contributed by atoms with Crippen molar-refractivity contribution < 1.29 is 19.2 Å². The lowest BCUT2D eigenvalue weighted by atomic mass is 10.1. The molecule has 0 bridgehead atoms. The van der Waals surface area contributed by atoms with Crippen LogP contribution >= 0.6 is 12.4 Å². The number of nitro groups is 1. The van der Waals surface area contributed by atoms with Crippen molar-refractivity contribution >= 4 is 24.0 Å². The third-order valence-electron chi connectivity index (χ3n) is 3.66. The third-order valence-corrected chi connectivity index (χ3v) is 3.66. The summed E-state index contributed by atoms with van der Waals surface area (Å²) in [7, 11) is 1.43. The lowest BCUT2D eigenvalue weighted by molar-refractivity contribution is -0.385. The summed E-state index contributed by atoms with van der Waals surface area (Å²) in [6, 6.07) is 2.55. The minimum atomic E-state index is -0.587. The second kappa shape index (κ2) is 9.29. The van der Waals surface area contributed by atoms with Crippen LogP contribution in [-0.4, -0.2) is 43.7 Å². The number of ether oxygens (including phenoxy) is 2. The summed E-state index contributed by atoms with van der Waals surface area (Å²) in [6.07, 6.45) is 1.81. The summed E-state index contributed by atoms with van der Waals surface area (Å²) in [6.45, 7) is 3.69. The summed E-state index contributed by atoms with van der Waals surface area (Å²) in [5.41, 5.74) is -0.323. The molecule has 1 fully saturated rings. The summed E-state index contributed by atoms with van der Waals surface area (Å²) in [5, 5.41) is 17.3. The lowest BCUT2D eigenvalue weighted by Crippen LogP contribution is -2.45. The van der Waals surface area contributed by atoms with Gasteiger partial charge >= 0.3 is 0 Å². The van der Waals surface area contributed by atoms with Crippen LogP contribution < -0.4 is 20.1 Å². The normalized spacial score (nSPS) is 16.7. The quantitative estimate of drug-likeness (QED) is 0.594. The second-order valence-corrected chi connectivity index (χ2v) is 5.23. The zero-order valence-electron chi connectivity index (χ0n) is 13.7. The number of rotatable bonds is 6. The Hall–Kier alpha value is -2.06. The van der Waals surface area contributed by atoms with E-state index in [4.69, 9.17) is 9.47 Å². The molecule has 2 N–H and O–H groups in total. The molecule has 0 saturated carbocycles. The number of benzene rings is 1. The molecule has 1 aliphatic heterocycles. The highest BCUT2D eigenvalue weighted by Crippen LogP contribution is 2.34. The fourth-order valence-electron chi connectivity index (χ4n) is 2.55. The van der Waals surface area contributed by atoms with Gasteiger partial charge in [0, 0.05) is 18.7 Å². The predicted octanol–water partition coefficient (Wildman–Crippen LogP) is 1.91. The van der Waals surface area contributed by atoms with Crippen molar-refractivity contribution in [3.05, 3.63) is 27.8 Å². The SMILES string of the molecule is CCOc1cc([N+](=O)[O-])c(C(=O)NC2CCCNC2)cc1OC.Cl. The number of methoxy groups -OCH3 is 1. The molecule has 0 aliphatic carbocycles. The van der Waals surface area contributed by atoms with Gasteiger partial charge in [-0.25, -0.2) is 0 Å². The summed E-state index contributed by atoms with van der Waals surface area (Å²) >= 11 is 0. The first-order valence-electron chi connectivity index (χ1n) is 7.57. The van der Waals surface area contributed by atoms with Gasteiger partial charge in [-0.2, -0.15) is 0 Å². The number of piperidine rings is 1. The number of nitrogens with zero attached hydrogens (tertiary/aromatic N) is 1. The molecule has 1 aromatic carbocycles. The van der Waals surface area contributed by atoms with Gasteiger partial charge in [0.15, 0.2) is 11.5 Å². The zero-order valence-corrected chi connectivity index (χ0v) is 14.5. The van der Waals surface area contributed by atoms with E-state index < -0.39 is 10.8 Å². The molecule has 1 saturated heterocycles. The second-order valence-electron chi connectivity index (χ2n) is 5.23. The number of carbonyl (C=O) groups is 1. The van der Waals surface area contributed by atoms with Gasteiger partial charge in [-0.05, 0) is 26.3 Å². The molecule has 0 aromatic heterocycles. The Labute approximate surface area is 146 Å². The molecular formula is C15H22ClN3O5. The van der Waals surface area contributed by atoms with Crippen molar-refractivity contribution in [2.45, 2.75) is 25.8 Å². The van der Waals surface area contributed by atoms with Crippen LogP contribution in [0.15, 0.2) is 12.1 Å². The van der Waals surface area contributed by atoms with Crippen LogP contribution in [0.2, 0.25) is 0 Å². The van der Waals surface area contributed by atoms with E-state index in [0.29, 0.717) is 18.9 Å². The van der Waals surface area contributed by atoms with Gasteiger partial charge in [-0.3, -0.25) is 14.9 Å². The molecule has 1 unspecified atom stereocenters. The van der Waals surface area contributed by atoms with Crippen LogP contribution in [0, 0.1) is 10.1 Å². The highest BCUT2D eigenvalue weighted by Gasteiger charge is 2.26. The van der Waals surface area contributed by atoms with E-state index >= 15 is 0 Å². The molecule has 9 heteroatoms. The molecule has 24 heavy (non-hydrogen) atoms. The molecule has 1 atom stereocenters. The molecule has 134 valence electrons. The maximum absolute atomic E-state index is 12.4. The van der Waals surface area contributed by atoms with Gasteiger partial charge in [0.1, 0.15) is 5.56 Å². The Morgan fingerprint density at radius 2 is 2.21 bits per heavy atom. The number of halogens is 1. The van der Waals surface area contributed by atoms with Crippen LogP contribution in [0.5, 0.6) is 11.5 Å². The number of amides is 1. The Morgan fingerprint density at radius 3 is 2.75 bits per heavy atom. The largest absolute Gasteiger partial charge is 0.493 e. The van der Waals surface area contributed by atoms with Crippen LogP contribution in [-0.2, 0) is 0 Å². The van der Waals surface area contributed by atoms with Gasteiger partial charge in [-0.1, -0.05) is 0 Å². The fraction of sp³-hybridized carbons (Fsp3) is 0.533. The van der Waals surface area contributed by atoms with Crippen molar-refractivity contribution in [1.29, 1.82) is 0 Å². The van der Waals surface area contributed by atoms with Gasteiger partial charge < -0.3 is 20.1 Å². The van der Waals surface area contributed by atoms with Crippen molar-refractivity contribution in [3.8, 4) is 11.5 Å². The molecule has 2 rings (SSSR count). The minimum absolute atomic E-state index is 0. The Morgan fingerprint density at radius 1 is 1.46 bits per heavy atom. The highest BCUT2D eigenvalue weighted by atomic mass is 35.5. The molecule has 1 aliphatic rings. The summed E-state index contributed by atoms with van der Waals surface area (Å²) in [5.74, 6) is 0.0636. The van der Waals surface area contributed by atoms with E-state index in [1.54, 1.807) is 6.92 Å². The van der Waals surface area contributed by atoms with E-state index in [2.05, 4.69) is 10.6 Å². The molecule has 1 heterocycles. The van der Waals surface area contributed by atoms with Crippen LogP contribution in [0.1, 0.15) is 30.1 Å². The van der Waals surface area contributed by atoms with Gasteiger partial charge in [0.05, 0.1) is 24.7 Å². The van der Waals surface area contributed by atoms with Crippen LogP contribution in [0.25, 0.3) is 0 Å². The summed E-state index contributed by atoms with van der Waals surface area (Å²) in [4.78, 5) is 23.1. The number of carbonyl (C=O) groups excluding carboxylic acids is 1. The molecule has 1 aromatic rings. The molecular weight excluding hydrogens is 338 g/mol. The van der Waals surface area contributed by atoms with Crippen molar-refractivity contribution in [2.24, 2.45) is 0 Å². The molecule has 0 radical (unpaired) electrons. The monoisotopic (exact) mass is 359 g/mol. The maximum Gasteiger partial charge on any atom is 0.286 e. The standard InChI is InChI=1S/C15H21N3O5.ClH/c1-3-23-14-8-12(18(20)21)11(7-13(14)22-2)15(19)17-10-5-4-6-16-9-10;/h7-8,10,16H,3-6,9H2,1-2H3,(H,17,19);1H. The van der Waals surface area contributed by atoms with E-state index in [1.165, 1.54) is 19.2 Å². The Balaban J connectivity index is 0.00000288. The van der Waals surface area contributed by atoms with Crippen LogP contribution in [0.4, 0.5) is 5.69 Å². The smallest absolute Gasteiger partial charge is 0.286 e. The first-order chi connectivity index (χ1) is 11.1. The zero-order chi connectivity index (χ0) is 16.8. The topological polar surface area (TPSA) is 103 Å². The summed E-state index contributed by atoms with van der Waals surface area (Å²) < 4.78 is 10.5. The predicted molar refractivity (Wildman–Crippen MR) is 91.4 cm³/mol. The number of hydrogen-bond acceptors (Lipinski definition) is 6. The number of nitrogens with one attached hydrogen (secondary N) is 2. The molecule has 0 spiro atoms. The maximum atomic E-state index is 12.4. The number of hydrogen-bond donors (Lipinski definition) is 2. The highest BCUT2D eigenvalue weighted by molar-refractivity contribution is 5.99. The number of nitro benzene ring substituents is 1. The van der Waals surface area contributed by atoms with Crippen molar-refractivity contribution in [3.63, 3.8) is 0 Å². The van der Waals surface area contributed by atoms with Gasteiger partial charge in [0.25, 0.3) is 11.6 Å². The van der Waals surface area contributed by atoms with E-state index in [9.17, 15) is 14.9 Å². The average molecular weight is 360 g/mol. The Kier molecular flexibility index (Phi) is 7.73. The van der Waals surface area contributed by atoms with E-state index in [1.807, 2.05) is 0 Å². The molecule has 1 amide bonds. The van der Waals surface area contributed by atoms with Gasteiger partial charge in [-0.15, -0.1) is 12.4 Å². The molecule has 8 nitrogen and oxygen atoms in total. The van der Waals surface area contributed by atoms with E-state index in [0.717, 1.165) is 19.4 Å². The van der Waals surface area contributed by atoms with Crippen molar-refractivity contribution in [2.75, 3.05) is 26.8 Å². The van der Waals surface area contributed by atoms with Crippen LogP contribution in [0.3, 0.4) is 0 Å². The third kappa shape index (κ3) is 4.72. The van der Waals surface area contributed by atoms with Crippen molar-refractivity contribution in [1.82, 2.24) is 10.6 Å². The lowest BCUT2D eigenvalue weighted by Gasteiger charge is -2.23. The first kappa shape index (κ1) is 20.0. The fourth-order valence-corrected chi connectivity index (χ4v) is 2.55. The average Bonchev–Trinajstić information content (AvgIpc) is 2.55. The van der Waals surface area contributed by atoms with E-state index in [-0.39, 0.29) is 35.4 Å². The minimum Gasteiger partial charge on any atom is -0.493 e. The first-order valence-corrected chi connectivity index (χ1v) is 7.57. The van der Waals surface area contributed by atoms with Gasteiger partial charge in [0.2, 0.25) is 0 Å². The Bertz CT molecular complexity index is 591.